The number of rotatable bonds is 4. The van der Waals surface area contributed by atoms with Gasteiger partial charge in [0.1, 0.15) is 5.82 Å². The first-order valence-electron chi connectivity index (χ1n) is 7.48. The highest BCUT2D eigenvalue weighted by molar-refractivity contribution is 5.88. The maximum Gasteiger partial charge on any atom is 0.335 e. The quantitative estimate of drug-likeness (QED) is 0.643. The number of nitrogens with two attached hydrogens (primary N) is 2. The van der Waals surface area contributed by atoms with Crippen molar-refractivity contribution in [3.63, 3.8) is 0 Å². The molecule has 0 fully saturated rings. The number of carboxylic acids is 1. The second-order valence-corrected chi connectivity index (χ2v) is 5.59. The van der Waals surface area contributed by atoms with E-state index < -0.39 is 5.97 Å². The Kier molecular flexibility index (Phi) is 4.05. The summed E-state index contributed by atoms with van der Waals surface area (Å²) in [6.45, 7) is 1.93. The standard InChI is InChI=1S/C16H17N7O2/c1-8(9-4-3-5-10(6-9)14(24)25)23(2)16-19-7-11-12(17)20-15(18)21-13(11)22-16/h3-8H,1-2H3,(H,24,25)(H4,17,18,19,20,21,22). The number of anilines is 3. The fraction of sp³-hybridized carbons (Fsp3) is 0.188. The van der Waals surface area contributed by atoms with Crippen molar-refractivity contribution < 1.29 is 9.90 Å². The SMILES string of the molecule is CC(c1cccc(C(=O)O)c1)N(C)c1ncc2c(N)nc(N)nc2n1. The van der Waals surface area contributed by atoms with Crippen LogP contribution in [0.2, 0.25) is 0 Å². The van der Waals surface area contributed by atoms with Crippen molar-refractivity contribution in [1.29, 1.82) is 0 Å². The molecule has 0 bridgehead atoms. The minimum absolute atomic E-state index is 0.0412. The Balaban J connectivity index is 1.97. The molecule has 3 rings (SSSR count). The van der Waals surface area contributed by atoms with Crippen molar-refractivity contribution in [2.45, 2.75) is 13.0 Å². The summed E-state index contributed by atoms with van der Waals surface area (Å²) in [5.41, 5.74) is 12.8. The summed E-state index contributed by atoms with van der Waals surface area (Å²) in [5.74, 6) is -0.294. The first-order valence-corrected chi connectivity index (χ1v) is 7.48. The fourth-order valence-electron chi connectivity index (χ4n) is 2.45. The summed E-state index contributed by atoms with van der Waals surface area (Å²) in [7, 11) is 1.81. The van der Waals surface area contributed by atoms with Crippen molar-refractivity contribution >= 4 is 34.7 Å². The van der Waals surface area contributed by atoms with Gasteiger partial charge in [-0.05, 0) is 24.6 Å². The number of benzene rings is 1. The number of carbonyl (C=O) groups is 1. The lowest BCUT2D eigenvalue weighted by molar-refractivity contribution is 0.0696. The fourth-order valence-corrected chi connectivity index (χ4v) is 2.45. The van der Waals surface area contributed by atoms with Crippen LogP contribution in [0.1, 0.15) is 28.9 Å². The van der Waals surface area contributed by atoms with Gasteiger partial charge >= 0.3 is 5.97 Å². The monoisotopic (exact) mass is 339 g/mol. The number of nitrogens with zero attached hydrogens (tertiary/aromatic N) is 5. The lowest BCUT2D eigenvalue weighted by Crippen LogP contribution is -2.24. The average Bonchev–Trinajstić information content (AvgIpc) is 2.59. The lowest BCUT2D eigenvalue weighted by Gasteiger charge is -2.25. The highest BCUT2D eigenvalue weighted by atomic mass is 16.4. The van der Waals surface area contributed by atoms with E-state index in [2.05, 4.69) is 19.9 Å². The van der Waals surface area contributed by atoms with Gasteiger partial charge in [-0.2, -0.15) is 15.0 Å². The molecule has 0 saturated heterocycles. The van der Waals surface area contributed by atoms with Crippen molar-refractivity contribution in [3.05, 3.63) is 41.6 Å². The molecule has 1 unspecified atom stereocenters. The third-order valence-corrected chi connectivity index (χ3v) is 4.00. The number of aromatic nitrogens is 4. The first-order chi connectivity index (χ1) is 11.9. The second-order valence-electron chi connectivity index (χ2n) is 5.59. The molecule has 25 heavy (non-hydrogen) atoms. The van der Waals surface area contributed by atoms with E-state index in [0.717, 1.165) is 5.56 Å². The highest BCUT2D eigenvalue weighted by Gasteiger charge is 2.17. The molecule has 0 aliphatic carbocycles. The molecule has 1 atom stereocenters. The Hall–Kier alpha value is -3.49. The van der Waals surface area contributed by atoms with E-state index in [1.54, 1.807) is 24.4 Å². The van der Waals surface area contributed by atoms with Crippen LogP contribution in [0.3, 0.4) is 0 Å². The largest absolute Gasteiger partial charge is 0.478 e. The smallest absolute Gasteiger partial charge is 0.335 e. The molecule has 2 heterocycles. The van der Waals surface area contributed by atoms with Crippen LogP contribution in [0.15, 0.2) is 30.5 Å². The molecule has 0 radical (unpaired) electrons. The van der Waals surface area contributed by atoms with Crippen molar-refractivity contribution in [2.24, 2.45) is 0 Å². The van der Waals surface area contributed by atoms with Gasteiger partial charge in [-0.3, -0.25) is 0 Å². The van der Waals surface area contributed by atoms with Crippen LogP contribution < -0.4 is 16.4 Å². The van der Waals surface area contributed by atoms with Gasteiger partial charge in [0.25, 0.3) is 0 Å². The van der Waals surface area contributed by atoms with Gasteiger partial charge in [0.05, 0.1) is 17.0 Å². The van der Waals surface area contributed by atoms with E-state index in [4.69, 9.17) is 16.6 Å². The van der Waals surface area contributed by atoms with Gasteiger partial charge in [0, 0.05) is 13.2 Å². The van der Waals surface area contributed by atoms with Crippen LogP contribution in [-0.4, -0.2) is 38.1 Å². The highest BCUT2D eigenvalue weighted by Crippen LogP contribution is 2.25. The average molecular weight is 339 g/mol. The Labute approximate surface area is 143 Å². The molecule has 0 aliphatic rings. The predicted molar refractivity (Wildman–Crippen MR) is 94.2 cm³/mol. The molecule has 9 heteroatoms. The number of hydrogen-bond donors (Lipinski definition) is 3. The van der Waals surface area contributed by atoms with Gasteiger partial charge < -0.3 is 21.5 Å². The minimum atomic E-state index is -0.971. The van der Waals surface area contributed by atoms with E-state index in [0.29, 0.717) is 17.0 Å². The Morgan fingerprint density at radius 2 is 2.00 bits per heavy atom. The van der Waals surface area contributed by atoms with Crippen molar-refractivity contribution in [3.8, 4) is 0 Å². The van der Waals surface area contributed by atoms with Crippen LogP contribution >= 0.6 is 0 Å². The Morgan fingerprint density at radius 1 is 1.24 bits per heavy atom. The molecule has 128 valence electrons. The molecule has 3 aromatic rings. The van der Waals surface area contributed by atoms with Gasteiger partial charge in [0.2, 0.25) is 11.9 Å². The third-order valence-electron chi connectivity index (χ3n) is 4.00. The van der Waals surface area contributed by atoms with Gasteiger partial charge in [-0.25, -0.2) is 9.78 Å². The molecular weight excluding hydrogens is 322 g/mol. The van der Waals surface area contributed by atoms with Gasteiger partial charge in [-0.15, -0.1) is 0 Å². The molecule has 5 N–H and O–H groups in total. The van der Waals surface area contributed by atoms with Crippen LogP contribution in [-0.2, 0) is 0 Å². The topological polar surface area (TPSA) is 144 Å². The van der Waals surface area contributed by atoms with Crippen LogP contribution in [0.5, 0.6) is 0 Å². The zero-order valence-electron chi connectivity index (χ0n) is 13.7. The molecule has 0 amide bonds. The lowest BCUT2D eigenvalue weighted by atomic mass is 10.0. The molecule has 0 saturated carbocycles. The number of aromatic carboxylic acids is 1. The van der Waals surface area contributed by atoms with E-state index in [1.807, 2.05) is 24.9 Å². The summed E-state index contributed by atoms with van der Waals surface area (Å²) in [4.78, 5) is 29.6. The van der Waals surface area contributed by atoms with Crippen LogP contribution in [0.25, 0.3) is 11.0 Å². The van der Waals surface area contributed by atoms with Gasteiger partial charge in [0.15, 0.2) is 5.65 Å². The minimum Gasteiger partial charge on any atom is -0.478 e. The van der Waals surface area contributed by atoms with E-state index >= 15 is 0 Å². The molecule has 9 nitrogen and oxygen atoms in total. The summed E-state index contributed by atoms with van der Waals surface area (Å²) in [5, 5.41) is 9.66. The maximum absolute atomic E-state index is 11.1. The van der Waals surface area contributed by atoms with Crippen LogP contribution in [0.4, 0.5) is 17.7 Å². The second kappa shape index (κ2) is 6.19. The van der Waals surface area contributed by atoms with Crippen molar-refractivity contribution in [1.82, 2.24) is 19.9 Å². The maximum atomic E-state index is 11.1. The third kappa shape index (κ3) is 3.11. The number of fused-ring (bicyclic) bond motifs is 1. The summed E-state index contributed by atoms with van der Waals surface area (Å²) in [6.07, 6.45) is 1.54. The summed E-state index contributed by atoms with van der Waals surface area (Å²) in [6, 6.07) is 6.58. The van der Waals surface area contributed by atoms with E-state index in [1.165, 1.54) is 0 Å². The summed E-state index contributed by atoms with van der Waals surface area (Å²) >= 11 is 0. The van der Waals surface area contributed by atoms with E-state index in [9.17, 15) is 4.79 Å². The molecular formula is C16H17N7O2. The number of carboxylic acid groups (broad SMARTS) is 1. The number of hydrogen-bond acceptors (Lipinski definition) is 8. The Morgan fingerprint density at radius 3 is 2.72 bits per heavy atom. The van der Waals surface area contributed by atoms with Crippen LogP contribution in [0, 0.1) is 0 Å². The van der Waals surface area contributed by atoms with E-state index in [-0.39, 0.29) is 23.4 Å². The molecule has 0 aliphatic heterocycles. The predicted octanol–water partition coefficient (Wildman–Crippen LogP) is 1.48. The molecule has 0 spiro atoms. The first kappa shape index (κ1) is 16.4. The van der Waals surface area contributed by atoms with Crippen molar-refractivity contribution in [2.75, 3.05) is 23.4 Å². The normalized spacial score (nSPS) is 12.1. The zero-order valence-corrected chi connectivity index (χ0v) is 13.7. The summed E-state index contributed by atoms with van der Waals surface area (Å²) < 4.78 is 0. The van der Waals surface area contributed by atoms with Gasteiger partial charge in [-0.1, -0.05) is 12.1 Å². The molecule has 2 aromatic heterocycles. The molecule has 1 aromatic carbocycles. The zero-order chi connectivity index (χ0) is 18.1. The Bertz CT molecular complexity index is 960. The number of nitrogen functional groups attached to an aromatic ring is 2.